The summed E-state index contributed by atoms with van der Waals surface area (Å²) < 4.78 is 13.2. The molecule has 34 heavy (non-hydrogen) atoms. The van der Waals surface area contributed by atoms with Crippen LogP contribution in [0, 0.1) is 12.7 Å². The number of urea groups is 1. The van der Waals surface area contributed by atoms with Crippen LogP contribution in [0.1, 0.15) is 26.4 Å². The van der Waals surface area contributed by atoms with Crippen molar-refractivity contribution in [1.29, 1.82) is 0 Å². The fourth-order valence-corrected chi connectivity index (χ4v) is 5.15. The lowest BCUT2D eigenvalue weighted by atomic mass is 10.1. The average Bonchev–Trinajstić information content (AvgIpc) is 3.41. The molecule has 0 saturated carbocycles. The Morgan fingerprint density at radius 3 is 2.71 bits per heavy atom. The number of anilines is 1. The second kappa shape index (κ2) is 9.23. The Kier molecular flexibility index (Phi) is 5.98. The van der Waals surface area contributed by atoms with Crippen molar-refractivity contribution >= 4 is 39.2 Å². The number of aromatic nitrogens is 1. The number of para-hydroxylation sites is 1. The number of pyridine rings is 1. The second-order valence-electron chi connectivity index (χ2n) is 8.30. The van der Waals surface area contributed by atoms with Gasteiger partial charge in [-0.1, -0.05) is 30.3 Å². The molecule has 1 N–H and O–H groups in total. The van der Waals surface area contributed by atoms with Gasteiger partial charge in [-0.3, -0.25) is 14.7 Å². The molecule has 4 aromatic rings. The highest BCUT2D eigenvalue weighted by molar-refractivity contribution is 7.18. The van der Waals surface area contributed by atoms with E-state index in [2.05, 4.69) is 10.3 Å². The maximum atomic E-state index is 13.2. The number of nitrogens with one attached hydrogen (secondary N) is 1. The van der Waals surface area contributed by atoms with Crippen molar-refractivity contribution in [3.05, 3.63) is 94.2 Å². The van der Waals surface area contributed by atoms with Crippen LogP contribution in [-0.4, -0.2) is 34.9 Å². The van der Waals surface area contributed by atoms with Crippen LogP contribution in [-0.2, 0) is 13.1 Å². The van der Waals surface area contributed by atoms with E-state index in [0.29, 0.717) is 31.1 Å². The molecule has 0 bridgehead atoms. The number of hydrogen-bond acceptors (Lipinski definition) is 4. The molecule has 2 aromatic heterocycles. The summed E-state index contributed by atoms with van der Waals surface area (Å²) in [7, 11) is 0. The lowest BCUT2D eigenvalue weighted by Crippen LogP contribution is -2.31. The molecule has 3 heterocycles. The summed E-state index contributed by atoms with van der Waals surface area (Å²) in [5, 5.41) is 4.75. The summed E-state index contributed by atoms with van der Waals surface area (Å²) in [5.41, 5.74) is 3.55. The number of thiophene rings is 1. The van der Waals surface area contributed by atoms with E-state index in [1.807, 2.05) is 43.3 Å². The number of fused-ring (bicyclic) bond motifs is 1. The molecule has 0 radical (unpaired) electrons. The van der Waals surface area contributed by atoms with Gasteiger partial charge in [-0.15, -0.1) is 11.3 Å². The van der Waals surface area contributed by atoms with Crippen LogP contribution in [0.5, 0.6) is 0 Å². The van der Waals surface area contributed by atoms with Crippen molar-refractivity contribution in [1.82, 2.24) is 15.2 Å². The van der Waals surface area contributed by atoms with Crippen LogP contribution in [0.15, 0.2) is 66.9 Å². The Bertz CT molecular complexity index is 1370. The Morgan fingerprint density at radius 2 is 1.88 bits per heavy atom. The minimum absolute atomic E-state index is 0.111. The van der Waals surface area contributed by atoms with Crippen molar-refractivity contribution in [3.63, 3.8) is 0 Å². The van der Waals surface area contributed by atoms with E-state index >= 15 is 0 Å². The molecule has 1 aliphatic heterocycles. The number of halogens is 1. The second-order valence-corrected chi connectivity index (χ2v) is 9.33. The first kappa shape index (κ1) is 22.0. The molecule has 1 saturated heterocycles. The smallest absolute Gasteiger partial charge is 0.325 e. The molecule has 8 heteroatoms. The number of carbonyl (C=O) groups excluding carboxylic acids is 2. The number of nitrogens with zero attached hydrogens (tertiary/aromatic N) is 3. The largest absolute Gasteiger partial charge is 0.347 e. The summed E-state index contributed by atoms with van der Waals surface area (Å²) in [5.74, 6) is -0.466. The first-order valence-electron chi connectivity index (χ1n) is 11.0. The normalized spacial score (nSPS) is 13.6. The monoisotopic (exact) mass is 474 g/mol. The molecule has 0 unspecified atom stereocenters. The van der Waals surface area contributed by atoms with Gasteiger partial charge < -0.3 is 10.2 Å². The number of carbonyl (C=O) groups is 2. The van der Waals surface area contributed by atoms with E-state index in [4.69, 9.17) is 0 Å². The van der Waals surface area contributed by atoms with Crippen molar-refractivity contribution in [2.24, 2.45) is 0 Å². The number of rotatable bonds is 6. The molecular formula is C26H23FN4O2S. The van der Waals surface area contributed by atoms with E-state index in [1.54, 1.807) is 28.1 Å². The van der Waals surface area contributed by atoms with Gasteiger partial charge in [-0.25, -0.2) is 9.18 Å². The predicted octanol–water partition coefficient (Wildman–Crippen LogP) is 5.12. The lowest BCUT2D eigenvalue weighted by Gasteiger charge is -2.17. The first-order chi connectivity index (χ1) is 16.5. The zero-order valence-electron chi connectivity index (χ0n) is 18.6. The molecule has 2 aromatic carbocycles. The molecule has 0 aliphatic carbocycles. The quantitative estimate of drug-likeness (QED) is 0.422. The van der Waals surface area contributed by atoms with Gasteiger partial charge in [0.25, 0.3) is 5.91 Å². The van der Waals surface area contributed by atoms with Gasteiger partial charge in [0.1, 0.15) is 10.8 Å². The summed E-state index contributed by atoms with van der Waals surface area (Å²) in [6, 6.07) is 17.8. The molecule has 0 spiro atoms. The molecule has 5 rings (SSSR count). The van der Waals surface area contributed by atoms with E-state index in [-0.39, 0.29) is 17.8 Å². The summed E-state index contributed by atoms with van der Waals surface area (Å²) in [6.45, 7) is 3.79. The Morgan fingerprint density at radius 1 is 1.09 bits per heavy atom. The predicted molar refractivity (Wildman–Crippen MR) is 132 cm³/mol. The van der Waals surface area contributed by atoms with Crippen LogP contribution < -0.4 is 10.2 Å². The van der Waals surface area contributed by atoms with E-state index in [0.717, 1.165) is 32.6 Å². The Balaban J connectivity index is 1.24. The molecule has 1 fully saturated rings. The van der Waals surface area contributed by atoms with Crippen LogP contribution in [0.4, 0.5) is 14.2 Å². The molecular weight excluding hydrogens is 451 g/mol. The van der Waals surface area contributed by atoms with Gasteiger partial charge in [-0.2, -0.15) is 0 Å². The number of aryl methyl sites for hydroxylation is 1. The number of benzene rings is 2. The number of hydrogen-bond donors (Lipinski definition) is 1. The fourth-order valence-electron chi connectivity index (χ4n) is 4.04. The third kappa shape index (κ3) is 4.49. The van der Waals surface area contributed by atoms with Crippen LogP contribution in [0.3, 0.4) is 0 Å². The van der Waals surface area contributed by atoms with Gasteiger partial charge in [-0.05, 0) is 53.9 Å². The Hall–Kier alpha value is -3.78. The summed E-state index contributed by atoms with van der Waals surface area (Å²) in [4.78, 5) is 34.3. The van der Waals surface area contributed by atoms with Crippen molar-refractivity contribution in [2.75, 3.05) is 18.0 Å². The van der Waals surface area contributed by atoms with Gasteiger partial charge in [0, 0.05) is 37.8 Å². The van der Waals surface area contributed by atoms with Crippen molar-refractivity contribution < 1.29 is 14.0 Å². The Labute approximate surface area is 200 Å². The minimum Gasteiger partial charge on any atom is -0.347 e. The van der Waals surface area contributed by atoms with Gasteiger partial charge in [0.15, 0.2) is 0 Å². The fraction of sp³-hybridized carbons (Fsp3) is 0.192. The molecule has 3 amide bonds. The third-order valence-corrected chi connectivity index (χ3v) is 7.12. The first-order valence-corrected chi connectivity index (χ1v) is 11.8. The lowest BCUT2D eigenvalue weighted by molar-refractivity contribution is 0.0954. The molecule has 1 aliphatic rings. The van der Waals surface area contributed by atoms with Gasteiger partial charge >= 0.3 is 6.03 Å². The minimum atomic E-state index is -0.296. The van der Waals surface area contributed by atoms with Crippen LogP contribution in [0.25, 0.3) is 10.9 Å². The van der Waals surface area contributed by atoms with Crippen molar-refractivity contribution in [3.8, 4) is 0 Å². The average molecular weight is 475 g/mol. The number of amides is 3. The maximum absolute atomic E-state index is 13.2. The highest BCUT2D eigenvalue weighted by Crippen LogP contribution is 2.32. The zero-order chi connectivity index (χ0) is 23.7. The van der Waals surface area contributed by atoms with E-state index < -0.39 is 0 Å². The van der Waals surface area contributed by atoms with Crippen LogP contribution in [0.2, 0.25) is 0 Å². The summed E-state index contributed by atoms with van der Waals surface area (Å²) >= 11 is 1.32. The van der Waals surface area contributed by atoms with E-state index in [9.17, 15) is 14.0 Å². The molecule has 6 nitrogen and oxygen atoms in total. The van der Waals surface area contributed by atoms with Gasteiger partial charge in [0.05, 0.1) is 10.4 Å². The third-order valence-electron chi connectivity index (χ3n) is 5.86. The standard InChI is InChI=1S/C26H23FN4O2S/c1-17-12-23(31-11-10-30(26(31)33)16-18-6-8-21(27)9-7-18)34-24(17)25(32)29-15-19-13-20-4-2-3-5-22(20)28-14-19/h2-9,12-14H,10-11,15-16H2,1H3,(H,29,32). The zero-order valence-corrected chi connectivity index (χ0v) is 19.4. The van der Waals surface area contributed by atoms with E-state index in [1.165, 1.54) is 23.5 Å². The summed E-state index contributed by atoms with van der Waals surface area (Å²) in [6.07, 6.45) is 1.77. The topological polar surface area (TPSA) is 65.5 Å². The van der Waals surface area contributed by atoms with Gasteiger partial charge in [0.2, 0.25) is 0 Å². The van der Waals surface area contributed by atoms with Crippen LogP contribution >= 0.6 is 11.3 Å². The molecule has 0 atom stereocenters. The SMILES string of the molecule is Cc1cc(N2CCN(Cc3ccc(F)cc3)C2=O)sc1C(=O)NCc1cnc2ccccc2c1. The molecule has 172 valence electrons. The van der Waals surface area contributed by atoms with Crippen molar-refractivity contribution in [2.45, 2.75) is 20.0 Å². The maximum Gasteiger partial charge on any atom is 0.325 e. The highest BCUT2D eigenvalue weighted by Gasteiger charge is 2.31. The highest BCUT2D eigenvalue weighted by atomic mass is 32.1.